The lowest BCUT2D eigenvalue weighted by Gasteiger charge is -2.32. The molecule has 27 heavy (non-hydrogen) atoms. The monoisotopic (exact) mass is 491 g/mol. The van der Waals surface area contributed by atoms with E-state index < -0.39 is 0 Å². The lowest BCUT2D eigenvalue weighted by Crippen LogP contribution is -2.44. The van der Waals surface area contributed by atoms with Crippen molar-refractivity contribution in [1.82, 2.24) is 20.4 Å². The number of rotatable bonds is 8. The first-order chi connectivity index (χ1) is 12.6. The molecule has 0 atom stereocenters. The summed E-state index contributed by atoms with van der Waals surface area (Å²) in [5, 5.41) is 6.71. The van der Waals surface area contributed by atoms with Gasteiger partial charge >= 0.3 is 0 Å². The van der Waals surface area contributed by atoms with Crippen LogP contribution in [0.25, 0.3) is 0 Å². The number of piperazine rings is 1. The van der Waals surface area contributed by atoms with Gasteiger partial charge in [0.2, 0.25) is 0 Å². The van der Waals surface area contributed by atoms with Crippen LogP contribution in [0.15, 0.2) is 23.2 Å². The molecule has 5 nitrogen and oxygen atoms in total. The number of hydrogen-bond donors (Lipinski definition) is 2. The summed E-state index contributed by atoms with van der Waals surface area (Å²) in [6, 6.07) is 4.97. The van der Waals surface area contributed by atoms with E-state index in [1.807, 2.05) is 13.0 Å². The Kier molecular flexibility index (Phi) is 11.9. The minimum atomic E-state index is -0.173. The third-order valence-corrected chi connectivity index (χ3v) is 5.00. The van der Waals surface area contributed by atoms with E-state index in [1.165, 1.54) is 50.8 Å². The van der Waals surface area contributed by atoms with Gasteiger partial charge < -0.3 is 20.4 Å². The van der Waals surface area contributed by atoms with E-state index in [4.69, 9.17) is 0 Å². The number of aliphatic imine (C=N–C) groups is 1. The number of benzene rings is 1. The predicted molar refractivity (Wildman–Crippen MR) is 123 cm³/mol. The van der Waals surface area contributed by atoms with Crippen LogP contribution in [0.4, 0.5) is 4.39 Å². The zero-order valence-corrected chi connectivity index (χ0v) is 19.3. The van der Waals surface area contributed by atoms with Gasteiger partial charge in [-0.15, -0.1) is 24.0 Å². The van der Waals surface area contributed by atoms with E-state index in [0.29, 0.717) is 0 Å². The molecule has 2 rings (SSSR count). The lowest BCUT2D eigenvalue weighted by atomic mass is 10.1. The summed E-state index contributed by atoms with van der Waals surface area (Å²) in [6.07, 6.45) is 3.21. The molecule has 154 valence electrons. The van der Waals surface area contributed by atoms with Gasteiger partial charge in [0.25, 0.3) is 0 Å². The second-order valence-corrected chi connectivity index (χ2v) is 7.10. The van der Waals surface area contributed by atoms with Crippen molar-refractivity contribution in [3.63, 3.8) is 0 Å². The molecule has 0 aromatic heterocycles. The number of likely N-dealkylation sites (N-methyl/N-ethyl adjacent to an activating group) is 1. The molecule has 1 aromatic carbocycles. The third-order valence-electron chi connectivity index (χ3n) is 5.00. The van der Waals surface area contributed by atoms with Crippen molar-refractivity contribution >= 4 is 29.9 Å². The van der Waals surface area contributed by atoms with Gasteiger partial charge in [-0.25, -0.2) is 4.39 Å². The fourth-order valence-corrected chi connectivity index (χ4v) is 3.21. The maximum Gasteiger partial charge on any atom is 0.190 e. The fourth-order valence-electron chi connectivity index (χ4n) is 3.21. The van der Waals surface area contributed by atoms with Gasteiger partial charge in [-0.2, -0.15) is 0 Å². The van der Waals surface area contributed by atoms with Crippen LogP contribution in [0.1, 0.15) is 24.0 Å². The van der Waals surface area contributed by atoms with Crippen molar-refractivity contribution in [2.75, 3.05) is 59.9 Å². The second-order valence-electron chi connectivity index (χ2n) is 7.10. The van der Waals surface area contributed by atoms with Crippen molar-refractivity contribution < 1.29 is 4.39 Å². The number of unbranched alkanes of at least 4 members (excludes halogenated alkanes) is 1. The van der Waals surface area contributed by atoms with Crippen LogP contribution in [0, 0.1) is 12.7 Å². The molecule has 0 spiro atoms. The zero-order chi connectivity index (χ0) is 18.8. The van der Waals surface area contributed by atoms with E-state index in [1.54, 1.807) is 13.1 Å². The molecule has 1 aliphatic heterocycles. The number of guanidine groups is 1. The number of aryl methyl sites for hydroxylation is 1. The molecule has 2 N–H and O–H groups in total. The first-order valence-corrected chi connectivity index (χ1v) is 9.69. The van der Waals surface area contributed by atoms with Crippen LogP contribution in [-0.4, -0.2) is 75.7 Å². The van der Waals surface area contributed by atoms with Crippen LogP contribution in [0.3, 0.4) is 0 Å². The van der Waals surface area contributed by atoms with Crippen molar-refractivity contribution in [3.8, 4) is 0 Å². The molecule has 1 fully saturated rings. The largest absolute Gasteiger partial charge is 0.356 e. The summed E-state index contributed by atoms with van der Waals surface area (Å²) < 4.78 is 13.1. The van der Waals surface area contributed by atoms with Crippen molar-refractivity contribution in [3.05, 3.63) is 35.1 Å². The fraction of sp³-hybridized carbons (Fsp3) is 0.650. The highest BCUT2D eigenvalue weighted by molar-refractivity contribution is 14.0. The third kappa shape index (κ3) is 9.21. The minimum absolute atomic E-state index is 0. The van der Waals surface area contributed by atoms with Gasteiger partial charge in [-0.3, -0.25) is 4.99 Å². The summed E-state index contributed by atoms with van der Waals surface area (Å²) in [6.45, 7) is 9.60. The molecular formula is C20H35FIN5. The van der Waals surface area contributed by atoms with Gasteiger partial charge in [0.1, 0.15) is 5.82 Å². The smallest absolute Gasteiger partial charge is 0.190 e. The minimum Gasteiger partial charge on any atom is -0.356 e. The maximum atomic E-state index is 13.1. The number of nitrogens with one attached hydrogen (secondary N) is 2. The van der Waals surface area contributed by atoms with Gasteiger partial charge in [0.15, 0.2) is 5.96 Å². The van der Waals surface area contributed by atoms with Gasteiger partial charge in [-0.05, 0) is 63.0 Å². The molecule has 0 saturated carbocycles. The van der Waals surface area contributed by atoms with E-state index in [2.05, 4.69) is 32.5 Å². The Balaban J connectivity index is 0.00000364. The number of halogens is 2. The van der Waals surface area contributed by atoms with Crippen molar-refractivity contribution in [2.24, 2.45) is 4.99 Å². The Morgan fingerprint density at radius 1 is 1.11 bits per heavy atom. The summed E-state index contributed by atoms with van der Waals surface area (Å²) in [7, 11) is 3.99. The molecule has 0 bridgehead atoms. The summed E-state index contributed by atoms with van der Waals surface area (Å²) in [4.78, 5) is 9.21. The molecule has 1 saturated heterocycles. The SMILES string of the molecule is CN=C(NCCCCN1CCN(C)CC1)NCCc1ccc(F)cc1C.I. The summed E-state index contributed by atoms with van der Waals surface area (Å²) >= 11 is 0. The predicted octanol–water partition coefficient (Wildman–Crippen LogP) is 2.49. The summed E-state index contributed by atoms with van der Waals surface area (Å²) in [5.41, 5.74) is 2.17. The van der Waals surface area contributed by atoms with Crippen LogP contribution in [0.5, 0.6) is 0 Å². The van der Waals surface area contributed by atoms with Crippen LogP contribution in [0.2, 0.25) is 0 Å². The Morgan fingerprint density at radius 2 is 1.81 bits per heavy atom. The first kappa shape index (κ1) is 24.1. The quantitative estimate of drug-likeness (QED) is 0.254. The van der Waals surface area contributed by atoms with E-state index in [-0.39, 0.29) is 29.8 Å². The molecule has 0 aliphatic carbocycles. The van der Waals surface area contributed by atoms with Gasteiger partial charge in [0, 0.05) is 46.3 Å². The van der Waals surface area contributed by atoms with Crippen LogP contribution >= 0.6 is 24.0 Å². The average molecular weight is 491 g/mol. The zero-order valence-electron chi connectivity index (χ0n) is 16.9. The molecule has 0 unspecified atom stereocenters. The Labute approximate surface area is 180 Å². The van der Waals surface area contributed by atoms with E-state index >= 15 is 0 Å². The highest BCUT2D eigenvalue weighted by Gasteiger charge is 2.12. The number of nitrogens with zero attached hydrogens (tertiary/aromatic N) is 3. The van der Waals surface area contributed by atoms with Crippen LogP contribution in [-0.2, 0) is 6.42 Å². The molecule has 1 aromatic rings. The van der Waals surface area contributed by atoms with E-state index in [0.717, 1.165) is 37.5 Å². The maximum absolute atomic E-state index is 13.1. The molecule has 7 heteroatoms. The normalized spacial score (nSPS) is 16.1. The van der Waals surface area contributed by atoms with Gasteiger partial charge in [0.05, 0.1) is 0 Å². The van der Waals surface area contributed by atoms with E-state index in [9.17, 15) is 4.39 Å². The first-order valence-electron chi connectivity index (χ1n) is 9.69. The highest BCUT2D eigenvalue weighted by Crippen LogP contribution is 2.10. The van der Waals surface area contributed by atoms with Crippen molar-refractivity contribution in [1.29, 1.82) is 0 Å². The molecule has 1 aliphatic rings. The molecule has 0 amide bonds. The molecule has 0 radical (unpaired) electrons. The Bertz CT molecular complexity index is 573. The Morgan fingerprint density at radius 3 is 2.48 bits per heavy atom. The molecular weight excluding hydrogens is 456 g/mol. The molecule has 1 heterocycles. The average Bonchev–Trinajstić information content (AvgIpc) is 2.63. The van der Waals surface area contributed by atoms with Crippen molar-refractivity contribution in [2.45, 2.75) is 26.2 Å². The topological polar surface area (TPSA) is 42.9 Å². The summed E-state index contributed by atoms with van der Waals surface area (Å²) in [5.74, 6) is 0.664. The highest BCUT2D eigenvalue weighted by atomic mass is 127. The standard InChI is InChI=1S/C20H34FN5.HI/c1-17-16-19(21)7-6-18(17)8-10-24-20(22-2)23-9-4-5-11-26-14-12-25(3)13-15-26;/h6-7,16H,4-5,8-15H2,1-3H3,(H2,22,23,24);1H. The van der Waals surface area contributed by atoms with Gasteiger partial charge in [-0.1, -0.05) is 6.07 Å². The lowest BCUT2D eigenvalue weighted by molar-refractivity contribution is 0.152. The van der Waals surface area contributed by atoms with Crippen LogP contribution < -0.4 is 10.6 Å². The number of hydrogen-bond acceptors (Lipinski definition) is 3. The second kappa shape index (κ2) is 13.3. The Hall–Kier alpha value is -0.930.